The van der Waals surface area contributed by atoms with Crippen molar-refractivity contribution in [3.05, 3.63) is 52.7 Å². The Hall–Kier alpha value is -2.10. The second kappa shape index (κ2) is 4.53. The quantitative estimate of drug-likeness (QED) is 0.829. The van der Waals surface area contributed by atoms with Crippen molar-refractivity contribution in [2.24, 2.45) is 0 Å². The molecule has 2 heterocycles. The number of nitrogens with zero attached hydrogens (tertiary/aromatic N) is 2. The molecule has 0 N–H and O–H groups in total. The SMILES string of the molecule is Cc1nc(CN2CCc3ccccc3C2=O)oc1C. The summed E-state index contributed by atoms with van der Waals surface area (Å²) in [5.74, 6) is 1.50. The lowest BCUT2D eigenvalue weighted by Gasteiger charge is -2.27. The summed E-state index contributed by atoms with van der Waals surface area (Å²) in [6, 6.07) is 7.78. The smallest absolute Gasteiger partial charge is 0.254 e. The first kappa shape index (κ1) is 12.0. The van der Waals surface area contributed by atoms with Crippen LogP contribution in [0.5, 0.6) is 0 Å². The minimum absolute atomic E-state index is 0.0651. The topological polar surface area (TPSA) is 46.3 Å². The highest BCUT2D eigenvalue weighted by Gasteiger charge is 2.25. The molecule has 0 fully saturated rings. The Morgan fingerprint density at radius 2 is 2.11 bits per heavy atom. The van der Waals surface area contributed by atoms with Gasteiger partial charge in [-0.25, -0.2) is 4.98 Å². The first-order valence-electron chi connectivity index (χ1n) is 6.45. The van der Waals surface area contributed by atoms with Gasteiger partial charge in [-0.15, -0.1) is 0 Å². The van der Waals surface area contributed by atoms with Crippen molar-refractivity contribution in [3.63, 3.8) is 0 Å². The summed E-state index contributed by atoms with van der Waals surface area (Å²) >= 11 is 0. The molecule has 1 aliphatic heterocycles. The van der Waals surface area contributed by atoms with Crippen molar-refractivity contribution < 1.29 is 9.21 Å². The van der Waals surface area contributed by atoms with Gasteiger partial charge < -0.3 is 9.32 Å². The number of benzene rings is 1. The van der Waals surface area contributed by atoms with Crippen molar-refractivity contribution in [2.45, 2.75) is 26.8 Å². The van der Waals surface area contributed by atoms with Crippen molar-refractivity contribution in [2.75, 3.05) is 6.54 Å². The predicted octanol–water partition coefficient (Wildman–Crippen LogP) is 2.49. The molecule has 1 aliphatic rings. The molecular formula is C15H16N2O2. The lowest BCUT2D eigenvalue weighted by molar-refractivity contribution is 0.0711. The number of oxazole rings is 1. The number of aryl methyl sites for hydroxylation is 2. The van der Waals surface area contributed by atoms with E-state index in [-0.39, 0.29) is 5.91 Å². The van der Waals surface area contributed by atoms with Crippen molar-refractivity contribution >= 4 is 5.91 Å². The van der Waals surface area contributed by atoms with E-state index >= 15 is 0 Å². The molecule has 0 radical (unpaired) electrons. The largest absolute Gasteiger partial charge is 0.444 e. The summed E-state index contributed by atoms with van der Waals surface area (Å²) in [7, 11) is 0. The van der Waals surface area contributed by atoms with E-state index < -0.39 is 0 Å². The zero-order valence-electron chi connectivity index (χ0n) is 11.1. The van der Waals surface area contributed by atoms with E-state index in [0.717, 1.165) is 35.5 Å². The van der Waals surface area contributed by atoms with Crippen LogP contribution in [0.4, 0.5) is 0 Å². The number of aromatic nitrogens is 1. The summed E-state index contributed by atoms with van der Waals surface area (Å²) in [5, 5.41) is 0. The molecule has 1 amide bonds. The summed E-state index contributed by atoms with van der Waals surface area (Å²) in [5.41, 5.74) is 2.82. The van der Waals surface area contributed by atoms with Gasteiger partial charge in [0.05, 0.1) is 12.2 Å². The monoisotopic (exact) mass is 256 g/mol. The Bertz CT molecular complexity index is 611. The number of fused-ring (bicyclic) bond motifs is 1. The molecule has 0 aliphatic carbocycles. The predicted molar refractivity (Wildman–Crippen MR) is 70.9 cm³/mol. The van der Waals surface area contributed by atoms with Crippen LogP contribution in [-0.2, 0) is 13.0 Å². The second-order valence-corrected chi connectivity index (χ2v) is 4.88. The number of rotatable bonds is 2. The third-order valence-electron chi connectivity index (χ3n) is 3.58. The standard InChI is InChI=1S/C15H16N2O2/c1-10-11(2)19-14(16-10)9-17-8-7-12-5-3-4-6-13(12)15(17)18/h3-6H,7-9H2,1-2H3. The Balaban J connectivity index is 1.83. The van der Waals surface area contributed by atoms with Gasteiger partial charge in [0.25, 0.3) is 5.91 Å². The summed E-state index contributed by atoms with van der Waals surface area (Å²) in [4.78, 5) is 18.5. The molecular weight excluding hydrogens is 240 g/mol. The van der Waals surface area contributed by atoms with Gasteiger partial charge >= 0.3 is 0 Å². The fraction of sp³-hybridized carbons (Fsp3) is 0.333. The van der Waals surface area contributed by atoms with Gasteiger partial charge in [-0.1, -0.05) is 18.2 Å². The number of carbonyl (C=O) groups excluding carboxylic acids is 1. The lowest BCUT2D eigenvalue weighted by Crippen LogP contribution is -2.37. The minimum atomic E-state index is 0.0651. The molecule has 4 heteroatoms. The van der Waals surface area contributed by atoms with Crippen LogP contribution >= 0.6 is 0 Å². The Morgan fingerprint density at radius 3 is 2.84 bits per heavy atom. The fourth-order valence-electron chi connectivity index (χ4n) is 2.40. The zero-order chi connectivity index (χ0) is 13.4. The number of amides is 1. The van der Waals surface area contributed by atoms with E-state index in [4.69, 9.17) is 4.42 Å². The molecule has 0 spiro atoms. The fourth-order valence-corrected chi connectivity index (χ4v) is 2.40. The van der Waals surface area contributed by atoms with Crippen LogP contribution < -0.4 is 0 Å². The summed E-state index contributed by atoms with van der Waals surface area (Å²) in [6.45, 7) is 4.97. The summed E-state index contributed by atoms with van der Waals surface area (Å²) in [6.07, 6.45) is 0.889. The third kappa shape index (κ3) is 2.14. The highest BCUT2D eigenvalue weighted by atomic mass is 16.4. The maximum absolute atomic E-state index is 12.4. The second-order valence-electron chi connectivity index (χ2n) is 4.88. The molecule has 3 rings (SSSR count). The Kier molecular flexibility index (Phi) is 2.85. The van der Waals surface area contributed by atoms with Crippen molar-refractivity contribution in [1.82, 2.24) is 9.88 Å². The maximum Gasteiger partial charge on any atom is 0.254 e. The van der Waals surface area contributed by atoms with Crippen LogP contribution in [0.1, 0.15) is 33.3 Å². The van der Waals surface area contributed by atoms with Crippen LogP contribution in [0.15, 0.2) is 28.7 Å². The van der Waals surface area contributed by atoms with Gasteiger partial charge in [0.1, 0.15) is 5.76 Å². The number of hydrogen-bond donors (Lipinski definition) is 0. The van der Waals surface area contributed by atoms with Crippen LogP contribution in [0.3, 0.4) is 0 Å². The van der Waals surface area contributed by atoms with E-state index in [1.165, 1.54) is 0 Å². The van der Waals surface area contributed by atoms with Gasteiger partial charge in [-0.2, -0.15) is 0 Å². The molecule has 0 bridgehead atoms. The van der Waals surface area contributed by atoms with E-state index in [0.29, 0.717) is 12.4 Å². The molecule has 1 aromatic heterocycles. The van der Waals surface area contributed by atoms with Crippen LogP contribution in [0.2, 0.25) is 0 Å². The molecule has 19 heavy (non-hydrogen) atoms. The van der Waals surface area contributed by atoms with E-state index in [1.54, 1.807) is 4.90 Å². The van der Waals surface area contributed by atoms with Crippen LogP contribution in [0, 0.1) is 13.8 Å². The molecule has 98 valence electrons. The van der Waals surface area contributed by atoms with E-state index in [1.807, 2.05) is 38.1 Å². The first-order chi connectivity index (χ1) is 9.15. The van der Waals surface area contributed by atoms with E-state index in [9.17, 15) is 4.79 Å². The van der Waals surface area contributed by atoms with Gasteiger partial charge in [0.2, 0.25) is 5.89 Å². The van der Waals surface area contributed by atoms with Crippen molar-refractivity contribution in [1.29, 1.82) is 0 Å². The molecule has 1 aromatic carbocycles. The Morgan fingerprint density at radius 1 is 1.32 bits per heavy atom. The molecule has 0 unspecified atom stereocenters. The highest BCUT2D eigenvalue weighted by molar-refractivity contribution is 5.96. The van der Waals surface area contributed by atoms with Gasteiger partial charge in [-0.3, -0.25) is 4.79 Å². The molecule has 0 saturated carbocycles. The zero-order valence-corrected chi connectivity index (χ0v) is 11.1. The van der Waals surface area contributed by atoms with Crippen LogP contribution in [0.25, 0.3) is 0 Å². The Labute approximate surface area is 112 Å². The minimum Gasteiger partial charge on any atom is -0.444 e. The lowest BCUT2D eigenvalue weighted by atomic mass is 9.99. The van der Waals surface area contributed by atoms with Gasteiger partial charge in [0, 0.05) is 12.1 Å². The maximum atomic E-state index is 12.4. The number of carbonyl (C=O) groups is 1. The number of hydrogen-bond acceptors (Lipinski definition) is 3. The van der Waals surface area contributed by atoms with Crippen LogP contribution in [-0.4, -0.2) is 22.3 Å². The van der Waals surface area contributed by atoms with Gasteiger partial charge in [-0.05, 0) is 31.9 Å². The molecule has 0 atom stereocenters. The average Bonchev–Trinajstić information content (AvgIpc) is 2.72. The molecule has 2 aromatic rings. The normalized spacial score (nSPS) is 14.6. The average molecular weight is 256 g/mol. The highest BCUT2D eigenvalue weighted by Crippen LogP contribution is 2.20. The summed E-state index contributed by atoms with van der Waals surface area (Å²) < 4.78 is 5.55. The van der Waals surface area contributed by atoms with E-state index in [2.05, 4.69) is 4.98 Å². The van der Waals surface area contributed by atoms with Crippen molar-refractivity contribution in [3.8, 4) is 0 Å². The molecule has 4 nitrogen and oxygen atoms in total. The molecule has 0 saturated heterocycles. The van der Waals surface area contributed by atoms with Gasteiger partial charge in [0.15, 0.2) is 0 Å². The third-order valence-corrected chi connectivity index (χ3v) is 3.58. The first-order valence-corrected chi connectivity index (χ1v) is 6.45.